The van der Waals surface area contributed by atoms with Crippen molar-refractivity contribution in [2.75, 3.05) is 26.7 Å². The van der Waals surface area contributed by atoms with Crippen LogP contribution in [0, 0.1) is 23.7 Å². The molecule has 0 bridgehead atoms. The van der Waals surface area contributed by atoms with Gasteiger partial charge >= 0.3 is 0 Å². The first kappa shape index (κ1) is 15.1. The quantitative estimate of drug-likeness (QED) is 0.863. The van der Waals surface area contributed by atoms with Gasteiger partial charge in [-0.2, -0.15) is 0 Å². The highest BCUT2D eigenvalue weighted by Gasteiger charge is 2.55. The fraction of sp³-hybridized carbons (Fsp3) is 0.933. The zero-order valence-electron chi connectivity index (χ0n) is 11.9. The number of nitrogens with zero attached hydrogens (tertiary/aromatic N) is 1. The summed E-state index contributed by atoms with van der Waals surface area (Å²) < 4.78 is 0. The first-order chi connectivity index (χ1) is 8.81. The fourth-order valence-corrected chi connectivity index (χ4v) is 4.29. The average Bonchev–Trinajstić information content (AvgIpc) is 3.13. The van der Waals surface area contributed by atoms with Crippen LogP contribution in [0.5, 0.6) is 0 Å². The maximum absolute atomic E-state index is 12.6. The summed E-state index contributed by atoms with van der Waals surface area (Å²) >= 11 is 0. The summed E-state index contributed by atoms with van der Waals surface area (Å²) in [6, 6.07) is 0. The third kappa shape index (κ3) is 3.08. The van der Waals surface area contributed by atoms with Crippen molar-refractivity contribution >= 4 is 18.3 Å². The third-order valence-corrected chi connectivity index (χ3v) is 5.27. The standard InChI is InChI=1S/C15H26N2O.ClH/c1-16-9-11-5-4-8-17(10-11)15(18)14-12-6-2-3-7-13(12)14;/h11-14,16H,2-10H2,1H3;1H. The molecule has 110 valence electrons. The van der Waals surface area contributed by atoms with Crippen molar-refractivity contribution in [1.29, 1.82) is 0 Å². The molecule has 1 saturated heterocycles. The number of likely N-dealkylation sites (tertiary alicyclic amines) is 1. The minimum atomic E-state index is 0. The van der Waals surface area contributed by atoms with Gasteiger partial charge in [0.25, 0.3) is 0 Å². The lowest BCUT2D eigenvalue weighted by Crippen LogP contribution is -2.43. The van der Waals surface area contributed by atoms with E-state index in [1.54, 1.807) is 0 Å². The lowest BCUT2D eigenvalue weighted by molar-refractivity contribution is -0.135. The second-order valence-electron chi connectivity index (χ2n) is 6.49. The molecule has 0 radical (unpaired) electrons. The number of hydrogen-bond acceptors (Lipinski definition) is 2. The van der Waals surface area contributed by atoms with E-state index >= 15 is 0 Å². The Balaban J connectivity index is 0.00000133. The van der Waals surface area contributed by atoms with Crippen molar-refractivity contribution in [3.63, 3.8) is 0 Å². The SMILES string of the molecule is CNCC1CCCN(C(=O)C2C3CCCCC32)C1.Cl. The molecule has 3 fully saturated rings. The van der Waals surface area contributed by atoms with Crippen molar-refractivity contribution in [3.05, 3.63) is 0 Å². The van der Waals surface area contributed by atoms with Crippen LogP contribution < -0.4 is 5.32 Å². The molecule has 1 aliphatic heterocycles. The van der Waals surface area contributed by atoms with Crippen LogP contribution in [-0.4, -0.2) is 37.5 Å². The Hall–Kier alpha value is -0.280. The maximum Gasteiger partial charge on any atom is 0.226 e. The second-order valence-corrected chi connectivity index (χ2v) is 6.49. The molecule has 2 aliphatic carbocycles. The fourth-order valence-electron chi connectivity index (χ4n) is 4.29. The van der Waals surface area contributed by atoms with E-state index in [2.05, 4.69) is 10.2 Å². The van der Waals surface area contributed by atoms with Gasteiger partial charge in [-0.05, 0) is 57.0 Å². The number of carbonyl (C=O) groups is 1. The predicted molar refractivity (Wildman–Crippen MR) is 79.4 cm³/mol. The number of fused-ring (bicyclic) bond motifs is 1. The summed E-state index contributed by atoms with van der Waals surface area (Å²) in [7, 11) is 2.01. The molecule has 1 heterocycles. The van der Waals surface area contributed by atoms with E-state index in [4.69, 9.17) is 0 Å². The van der Waals surface area contributed by atoms with E-state index in [0.29, 0.717) is 17.7 Å². The molecule has 0 spiro atoms. The number of rotatable bonds is 3. The van der Waals surface area contributed by atoms with Gasteiger partial charge in [0.05, 0.1) is 0 Å². The van der Waals surface area contributed by atoms with Gasteiger partial charge < -0.3 is 10.2 Å². The molecule has 0 aromatic rings. The van der Waals surface area contributed by atoms with Crippen molar-refractivity contribution in [1.82, 2.24) is 10.2 Å². The molecular formula is C15H27ClN2O. The monoisotopic (exact) mass is 286 g/mol. The number of carbonyl (C=O) groups excluding carboxylic acids is 1. The van der Waals surface area contributed by atoms with Crippen LogP contribution in [0.2, 0.25) is 0 Å². The summed E-state index contributed by atoms with van der Waals surface area (Å²) in [4.78, 5) is 14.8. The topological polar surface area (TPSA) is 32.3 Å². The summed E-state index contributed by atoms with van der Waals surface area (Å²) in [5.74, 6) is 3.11. The average molecular weight is 287 g/mol. The Labute approximate surface area is 122 Å². The zero-order valence-corrected chi connectivity index (χ0v) is 12.8. The molecule has 3 rings (SSSR count). The van der Waals surface area contributed by atoms with Crippen LogP contribution in [0.3, 0.4) is 0 Å². The number of halogens is 1. The molecule has 3 aliphatic rings. The van der Waals surface area contributed by atoms with Gasteiger partial charge in [-0.25, -0.2) is 0 Å². The van der Waals surface area contributed by atoms with Crippen molar-refractivity contribution in [2.24, 2.45) is 23.7 Å². The number of piperidine rings is 1. The minimum absolute atomic E-state index is 0. The van der Waals surface area contributed by atoms with Gasteiger partial charge in [-0.3, -0.25) is 4.79 Å². The lowest BCUT2D eigenvalue weighted by atomic mass is 9.97. The molecule has 0 aromatic carbocycles. The van der Waals surface area contributed by atoms with E-state index in [0.717, 1.165) is 31.5 Å². The Morgan fingerprint density at radius 3 is 2.47 bits per heavy atom. The van der Waals surface area contributed by atoms with Crippen LogP contribution in [-0.2, 0) is 4.79 Å². The Morgan fingerprint density at radius 1 is 1.16 bits per heavy atom. The zero-order chi connectivity index (χ0) is 12.5. The van der Waals surface area contributed by atoms with Gasteiger partial charge in [-0.15, -0.1) is 12.4 Å². The first-order valence-corrected chi connectivity index (χ1v) is 7.74. The van der Waals surface area contributed by atoms with E-state index in [1.807, 2.05) is 7.05 Å². The van der Waals surface area contributed by atoms with Gasteiger partial charge in [0.1, 0.15) is 0 Å². The molecule has 2 saturated carbocycles. The molecule has 4 heteroatoms. The lowest BCUT2D eigenvalue weighted by Gasteiger charge is -2.33. The molecule has 0 aromatic heterocycles. The van der Waals surface area contributed by atoms with E-state index in [9.17, 15) is 4.79 Å². The molecular weight excluding hydrogens is 260 g/mol. The largest absolute Gasteiger partial charge is 0.342 e. The van der Waals surface area contributed by atoms with E-state index in [-0.39, 0.29) is 12.4 Å². The summed E-state index contributed by atoms with van der Waals surface area (Å²) in [5.41, 5.74) is 0. The molecule has 3 unspecified atom stereocenters. The first-order valence-electron chi connectivity index (χ1n) is 7.74. The van der Waals surface area contributed by atoms with E-state index in [1.165, 1.54) is 38.5 Å². The van der Waals surface area contributed by atoms with E-state index < -0.39 is 0 Å². The number of nitrogens with one attached hydrogen (secondary N) is 1. The highest BCUT2D eigenvalue weighted by molar-refractivity contribution is 5.85. The van der Waals surface area contributed by atoms with Gasteiger partial charge in [0.15, 0.2) is 0 Å². The van der Waals surface area contributed by atoms with Gasteiger partial charge in [0, 0.05) is 19.0 Å². The predicted octanol–water partition coefficient (Wildman–Crippen LogP) is 2.30. The Kier molecular flexibility index (Phi) is 5.13. The Bertz CT molecular complexity index is 309. The minimum Gasteiger partial charge on any atom is -0.342 e. The normalized spacial score (nSPS) is 37.2. The van der Waals surface area contributed by atoms with Crippen molar-refractivity contribution in [2.45, 2.75) is 38.5 Å². The van der Waals surface area contributed by atoms with Gasteiger partial charge in [-0.1, -0.05) is 12.8 Å². The number of amides is 1. The van der Waals surface area contributed by atoms with Crippen LogP contribution in [0.1, 0.15) is 38.5 Å². The second kappa shape index (κ2) is 6.45. The van der Waals surface area contributed by atoms with Crippen LogP contribution >= 0.6 is 12.4 Å². The van der Waals surface area contributed by atoms with Crippen LogP contribution in [0.4, 0.5) is 0 Å². The highest BCUT2D eigenvalue weighted by Crippen LogP contribution is 2.56. The van der Waals surface area contributed by atoms with Crippen molar-refractivity contribution in [3.8, 4) is 0 Å². The summed E-state index contributed by atoms with van der Waals surface area (Å²) in [5, 5.41) is 3.25. The van der Waals surface area contributed by atoms with Crippen molar-refractivity contribution < 1.29 is 4.79 Å². The summed E-state index contributed by atoms with van der Waals surface area (Å²) in [6.45, 7) is 3.06. The molecule has 1 amide bonds. The highest BCUT2D eigenvalue weighted by atomic mass is 35.5. The van der Waals surface area contributed by atoms with Crippen LogP contribution in [0.15, 0.2) is 0 Å². The van der Waals surface area contributed by atoms with Crippen LogP contribution in [0.25, 0.3) is 0 Å². The smallest absolute Gasteiger partial charge is 0.226 e. The molecule has 19 heavy (non-hydrogen) atoms. The molecule has 1 N–H and O–H groups in total. The number of hydrogen-bond donors (Lipinski definition) is 1. The Morgan fingerprint density at radius 2 is 1.84 bits per heavy atom. The molecule has 3 atom stereocenters. The summed E-state index contributed by atoms with van der Waals surface area (Å²) in [6.07, 6.45) is 7.81. The molecule has 3 nitrogen and oxygen atoms in total. The third-order valence-electron chi connectivity index (χ3n) is 5.27. The maximum atomic E-state index is 12.6. The van der Waals surface area contributed by atoms with Gasteiger partial charge in [0.2, 0.25) is 5.91 Å².